The summed E-state index contributed by atoms with van der Waals surface area (Å²) in [7, 11) is 0. The predicted octanol–water partition coefficient (Wildman–Crippen LogP) is 1.05. The van der Waals surface area contributed by atoms with Crippen LogP contribution in [0.5, 0.6) is 0 Å². The molecular weight excluding hydrogens is 417 g/mol. The minimum atomic E-state index is -1.72. The van der Waals surface area contributed by atoms with E-state index in [2.05, 4.69) is 0 Å². The average molecular weight is 431 g/mol. The molecule has 0 atom stereocenters. The molecule has 0 aliphatic rings. The first-order chi connectivity index (χ1) is 9.36. The van der Waals surface area contributed by atoms with Crippen LogP contribution in [0.1, 0.15) is 0 Å². The Bertz CT molecular complexity index is 237. The Balaban J connectivity index is -0.000000240. The largest absolute Gasteiger partial charge is 0.396 e. The third kappa shape index (κ3) is 20.9. The Hall–Kier alpha value is 0.920. The van der Waals surface area contributed by atoms with Gasteiger partial charge >= 0.3 is 0 Å². The van der Waals surface area contributed by atoms with E-state index in [0.29, 0.717) is 0 Å². The second-order valence-corrected chi connectivity index (χ2v) is 8.19. The number of rotatable bonds is 4. The molecule has 0 bridgehead atoms. The number of aliphatic hydroxyl groups excluding tert-OH is 4. The lowest BCUT2D eigenvalue weighted by Crippen LogP contribution is -2.37. The maximum atomic E-state index is 9.43. The summed E-state index contributed by atoms with van der Waals surface area (Å²) in [5.74, 6) is 0. The van der Waals surface area contributed by atoms with Gasteiger partial charge in [0.2, 0.25) is 7.59 Å². The molecule has 0 aliphatic heterocycles. The predicted molar refractivity (Wildman–Crippen MR) is 83.5 cm³/mol. The summed E-state index contributed by atoms with van der Waals surface area (Å²) in [4.78, 5) is 18.9. The lowest BCUT2D eigenvalue weighted by molar-refractivity contribution is -0.107. The normalized spacial score (nSPS) is 11.5. The highest BCUT2D eigenvalue weighted by Crippen LogP contribution is 2.22. The monoisotopic (exact) mass is 428 g/mol. The van der Waals surface area contributed by atoms with Crippen LogP contribution in [-0.4, -0.2) is 67.0 Å². The zero-order valence-corrected chi connectivity index (χ0v) is 14.9. The molecule has 0 amide bonds. The Morgan fingerprint density at radius 2 is 0.762 bits per heavy atom. The first-order valence-corrected chi connectivity index (χ1v) is 7.13. The number of carbonyl (C=O) groups is 2. The Morgan fingerprint density at radius 3 is 0.762 bits per heavy atom. The van der Waals surface area contributed by atoms with Gasteiger partial charge in [-0.2, -0.15) is 0 Å². The van der Waals surface area contributed by atoms with E-state index in [0.717, 1.165) is 0 Å². The number of halogens is 6. The molecule has 0 fully saturated rings. The molecular formula is C9H14Cl6O6. The van der Waals surface area contributed by atoms with Crippen molar-refractivity contribution in [3.63, 3.8) is 0 Å². The molecule has 128 valence electrons. The first-order valence-electron chi connectivity index (χ1n) is 4.86. The van der Waals surface area contributed by atoms with Crippen LogP contribution >= 0.6 is 69.6 Å². The SMILES string of the molecule is O=CC(Cl)(Cl)Cl.O=CC(Cl)(Cl)Cl.OCC(CO)(CO)CO. The van der Waals surface area contributed by atoms with E-state index < -0.39 is 39.4 Å². The van der Waals surface area contributed by atoms with Gasteiger partial charge in [-0.1, -0.05) is 69.6 Å². The van der Waals surface area contributed by atoms with Gasteiger partial charge in [0.25, 0.3) is 0 Å². The molecule has 0 aromatic rings. The quantitative estimate of drug-likeness (QED) is 0.391. The minimum absolute atomic E-state index is 0.234. The van der Waals surface area contributed by atoms with Gasteiger partial charge in [0.15, 0.2) is 12.6 Å². The van der Waals surface area contributed by atoms with Crippen LogP contribution in [0.25, 0.3) is 0 Å². The van der Waals surface area contributed by atoms with Gasteiger partial charge in [-0.05, 0) is 0 Å². The van der Waals surface area contributed by atoms with Gasteiger partial charge in [0, 0.05) is 0 Å². The van der Waals surface area contributed by atoms with Gasteiger partial charge in [-0.25, -0.2) is 0 Å². The van der Waals surface area contributed by atoms with Crippen LogP contribution in [0.4, 0.5) is 0 Å². The molecule has 6 nitrogen and oxygen atoms in total. The molecule has 21 heavy (non-hydrogen) atoms. The van der Waals surface area contributed by atoms with Gasteiger partial charge in [0.1, 0.15) is 0 Å². The van der Waals surface area contributed by atoms with Gasteiger partial charge in [0.05, 0.1) is 31.8 Å². The lowest BCUT2D eigenvalue weighted by atomic mass is 9.93. The Morgan fingerprint density at radius 1 is 0.619 bits per heavy atom. The summed E-state index contributed by atoms with van der Waals surface area (Å²) in [5.41, 5.74) is -1.11. The second-order valence-electron chi connectivity index (χ2n) is 3.45. The average Bonchev–Trinajstić information content (AvgIpc) is 2.42. The molecule has 0 rings (SSSR count). The zero-order valence-electron chi connectivity index (χ0n) is 10.4. The number of aliphatic hydroxyl groups is 4. The highest BCUT2D eigenvalue weighted by molar-refractivity contribution is 6.74. The fraction of sp³-hybridized carbons (Fsp3) is 0.778. The summed E-state index contributed by atoms with van der Waals surface area (Å²) >= 11 is 29.3. The summed E-state index contributed by atoms with van der Waals surface area (Å²) < 4.78 is -3.44. The van der Waals surface area contributed by atoms with Crippen molar-refractivity contribution in [2.45, 2.75) is 7.59 Å². The standard InChI is InChI=1S/C5H12O4.2C2HCl3O/c6-1-5(2-7,3-8)4-9;2*3-2(4,5)1-6/h6-9H,1-4H2;2*1H. The van der Waals surface area contributed by atoms with Crippen molar-refractivity contribution in [1.82, 2.24) is 0 Å². The second kappa shape index (κ2) is 13.4. The number of hydrogen-bond donors (Lipinski definition) is 4. The molecule has 0 heterocycles. The third-order valence-electron chi connectivity index (χ3n) is 1.61. The lowest BCUT2D eigenvalue weighted by Gasteiger charge is -2.23. The van der Waals surface area contributed by atoms with E-state index in [-0.39, 0.29) is 12.6 Å². The third-order valence-corrected chi connectivity index (χ3v) is 2.14. The van der Waals surface area contributed by atoms with Crippen molar-refractivity contribution in [1.29, 1.82) is 0 Å². The van der Waals surface area contributed by atoms with Gasteiger partial charge in [-0.3, -0.25) is 9.59 Å². The fourth-order valence-corrected chi connectivity index (χ4v) is 0.300. The van der Waals surface area contributed by atoms with Crippen molar-refractivity contribution in [3.05, 3.63) is 0 Å². The zero-order chi connectivity index (χ0) is 17.7. The van der Waals surface area contributed by atoms with Crippen molar-refractivity contribution < 1.29 is 30.0 Å². The van der Waals surface area contributed by atoms with Gasteiger partial charge in [-0.15, -0.1) is 0 Å². The van der Waals surface area contributed by atoms with Crippen LogP contribution in [-0.2, 0) is 9.59 Å². The van der Waals surface area contributed by atoms with E-state index >= 15 is 0 Å². The topological polar surface area (TPSA) is 115 Å². The highest BCUT2D eigenvalue weighted by Gasteiger charge is 2.26. The summed E-state index contributed by atoms with van der Waals surface area (Å²) in [6.45, 7) is -1.62. The van der Waals surface area contributed by atoms with E-state index in [9.17, 15) is 9.59 Å². The number of alkyl halides is 6. The molecule has 4 N–H and O–H groups in total. The van der Waals surface area contributed by atoms with Crippen LogP contribution in [0.3, 0.4) is 0 Å². The Kier molecular flexibility index (Phi) is 17.1. The van der Waals surface area contributed by atoms with Crippen LogP contribution < -0.4 is 0 Å². The van der Waals surface area contributed by atoms with Crippen molar-refractivity contribution >= 4 is 82.2 Å². The van der Waals surface area contributed by atoms with Gasteiger partial charge < -0.3 is 20.4 Å². The van der Waals surface area contributed by atoms with Crippen LogP contribution in [0.2, 0.25) is 0 Å². The fourth-order valence-electron chi connectivity index (χ4n) is 0.300. The van der Waals surface area contributed by atoms with E-state index in [1.54, 1.807) is 0 Å². The molecule has 0 aromatic carbocycles. The van der Waals surface area contributed by atoms with Crippen molar-refractivity contribution in [3.8, 4) is 0 Å². The van der Waals surface area contributed by atoms with E-state index in [1.807, 2.05) is 0 Å². The van der Waals surface area contributed by atoms with Crippen molar-refractivity contribution in [2.24, 2.45) is 5.41 Å². The van der Waals surface area contributed by atoms with E-state index in [1.165, 1.54) is 0 Å². The molecule has 0 aromatic heterocycles. The molecule has 0 aliphatic carbocycles. The summed E-state index contributed by atoms with van der Waals surface area (Å²) in [6.07, 6.45) is 0.468. The van der Waals surface area contributed by atoms with Crippen molar-refractivity contribution in [2.75, 3.05) is 26.4 Å². The first kappa shape index (κ1) is 26.8. The van der Waals surface area contributed by atoms with E-state index in [4.69, 9.17) is 90.0 Å². The highest BCUT2D eigenvalue weighted by atomic mass is 35.6. The summed E-state index contributed by atoms with van der Waals surface area (Å²) in [6, 6.07) is 0. The summed E-state index contributed by atoms with van der Waals surface area (Å²) in [5, 5.41) is 34.0. The molecule has 0 spiro atoms. The molecule has 0 saturated heterocycles. The minimum Gasteiger partial charge on any atom is -0.396 e. The number of carbonyl (C=O) groups excluding carboxylic acids is 2. The van der Waals surface area contributed by atoms with Crippen LogP contribution in [0, 0.1) is 5.41 Å². The molecule has 12 heteroatoms. The number of aldehydes is 2. The molecule has 0 radical (unpaired) electrons. The maximum Gasteiger partial charge on any atom is 0.245 e. The maximum absolute atomic E-state index is 9.43. The van der Waals surface area contributed by atoms with Crippen LogP contribution in [0.15, 0.2) is 0 Å². The molecule has 0 unspecified atom stereocenters. The smallest absolute Gasteiger partial charge is 0.245 e. The Labute approximate surface area is 151 Å². The molecule has 0 saturated carbocycles. The number of hydrogen-bond acceptors (Lipinski definition) is 6.